The first-order valence-electron chi connectivity index (χ1n) is 18.4. The van der Waals surface area contributed by atoms with Gasteiger partial charge < -0.3 is 40.4 Å². The van der Waals surface area contributed by atoms with Crippen molar-refractivity contribution in [2.45, 2.75) is 12.8 Å². The second-order valence-electron chi connectivity index (χ2n) is 13.3. The summed E-state index contributed by atoms with van der Waals surface area (Å²) >= 11 is 0. The molecular weight excluding hydrogens is 733 g/mol. The number of morpholine rings is 2. The number of ether oxygens (including phenoxy) is 3. The van der Waals surface area contributed by atoms with E-state index in [0.29, 0.717) is 91.3 Å². The van der Waals surface area contributed by atoms with Gasteiger partial charge in [0, 0.05) is 61.6 Å². The third-order valence-electron chi connectivity index (χ3n) is 9.59. The first-order valence-corrected chi connectivity index (χ1v) is 18.4. The zero-order chi connectivity index (χ0) is 39.3. The molecule has 0 radical (unpaired) electrons. The van der Waals surface area contributed by atoms with E-state index in [1.807, 2.05) is 41.3 Å². The third-order valence-corrected chi connectivity index (χ3v) is 9.59. The molecule has 5 N–H and O–H groups in total. The molecule has 7 heterocycles. The van der Waals surface area contributed by atoms with Crippen LogP contribution in [0.15, 0.2) is 60.9 Å². The number of carbonyl (C=O) groups excluding carboxylic acids is 2. The summed E-state index contributed by atoms with van der Waals surface area (Å²) in [4.78, 5) is 64.9. The van der Waals surface area contributed by atoms with Crippen molar-refractivity contribution < 1.29 is 23.8 Å². The molecule has 3 saturated heterocycles. The van der Waals surface area contributed by atoms with Crippen LogP contribution in [0.3, 0.4) is 0 Å². The summed E-state index contributed by atoms with van der Waals surface area (Å²) in [7, 11) is 1.31. The number of fused-ring (bicyclic) bond motifs is 2. The van der Waals surface area contributed by atoms with Gasteiger partial charge in [0.05, 0.1) is 57.3 Å². The number of benzene rings is 2. The smallest absolute Gasteiger partial charge is 0.411 e. The number of nitrogens with two attached hydrogens (primary N) is 2. The molecule has 2 aromatic carbocycles. The molecule has 0 spiro atoms. The zero-order valence-electron chi connectivity index (χ0n) is 31.2. The van der Waals surface area contributed by atoms with Crippen LogP contribution in [0.5, 0.6) is 0 Å². The molecule has 9 rings (SSSR count). The molecule has 3 fully saturated rings. The van der Waals surface area contributed by atoms with E-state index < -0.39 is 6.09 Å². The maximum atomic E-state index is 12.0. The Hall–Kier alpha value is -6.86. The highest BCUT2D eigenvalue weighted by Crippen LogP contribution is 2.29. The number of hydrogen-bond acceptors (Lipinski definition) is 17. The van der Waals surface area contributed by atoms with E-state index in [1.165, 1.54) is 7.11 Å². The Kier molecular flexibility index (Phi) is 10.7. The first-order chi connectivity index (χ1) is 27.8. The van der Waals surface area contributed by atoms with E-state index in [2.05, 4.69) is 49.8 Å². The van der Waals surface area contributed by atoms with Crippen LogP contribution < -0.4 is 31.5 Å². The second-order valence-corrected chi connectivity index (χ2v) is 13.3. The van der Waals surface area contributed by atoms with Crippen molar-refractivity contribution in [3.8, 4) is 22.5 Å². The lowest BCUT2D eigenvalue weighted by Crippen LogP contribution is -2.37. The number of nitrogen functional groups attached to an aromatic ring is 2. The van der Waals surface area contributed by atoms with Gasteiger partial charge in [0.15, 0.2) is 34.0 Å². The lowest BCUT2D eigenvalue weighted by molar-refractivity contribution is -0.117. The molecule has 6 aromatic rings. The number of hydrogen-bond donors (Lipinski definition) is 3. The van der Waals surface area contributed by atoms with Crippen molar-refractivity contribution in [3.63, 3.8) is 0 Å². The van der Waals surface area contributed by atoms with Gasteiger partial charge in [-0.3, -0.25) is 10.1 Å². The van der Waals surface area contributed by atoms with Crippen molar-refractivity contribution in [2.24, 2.45) is 0 Å². The molecular formula is C38H40N14O5. The summed E-state index contributed by atoms with van der Waals surface area (Å²) in [6.07, 6.45) is 4.33. The van der Waals surface area contributed by atoms with E-state index in [9.17, 15) is 9.59 Å². The number of nitrogens with one attached hydrogen (secondary N) is 1. The number of aromatic nitrogens is 8. The minimum atomic E-state index is -0.525. The lowest BCUT2D eigenvalue weighted by Gasteiger charge is -2.28. The van der Waals surface area contributed by atoms with E-state index in [0.717, 1.165) is 48.6 Å². The van der Waals surface area contributed by atoms with E-state index >= 15 is 0 Å². The Balaban J connectivity index is 0.000000160. The average Bonchev–Trinajstić information content (AvgIpc) is 3.69. The zero-order valence-corrected chi connectivity index (χ0v) is 31.2. The van der Waals surface area contributed by atoms with Gasteiger partial charge >= 0.3 is 6.09 Å². The Morgan fingerprint density at radius 2 is 1.18 bits per heavy atom. The highest BCUT2D eigenvalue weighted by atomic mass is 16.5. The number of amides is 2. The van der Waals surface area contributed by atoms with Gasteiger partial charge in [-0.2, -0.15) is 19.9 Å². The maximum Gasteiger partial charge on any atom is 0.411 e. The maximum absolute atomic E-state index is 12.0. The molecule has 0 atom stereocenters. The van der Waals surface area contributed by atoms with Gasteiger partial charge in [0.2, 0.25) is 17.8 Å². The molecule has 57 heavy (non-hydrogen) atoms. The van der Waals surface area contributed by atoms with Crippen LogP contribution in [0, 0.1) is 0 Å². The quantitative estimate of drug-likeness (QED) is 0.220. The number of anilines is 6. The molecule has 292 valence electrons. The van der Waals surface area contributed by atoms with Crippen molar-refractivity contribution in [2.75, 3.05) is 97.7 Å². The average molecular weight is 773 g/mol. The van der Waals surface area contributed by atoms with Crippen LogP contribution in [0.25, 0.3) is 44.8 Å². The van der Waals surface area contributed by atoms with Crippen LogP contribution in [0.1, 0.15) is 12.8 Å². The standard InChI is InChI=1S/C20H21N7O2.C18H19N7O3/c21-20-24-18-17(19(25-20)26-8-10-29-11-9-26)23-15(12-22-18)13-3-5-14(6-4-13)27-7-1-2-16(27)28;1-27-18(26)21-12-4-2-11(3-5-12)13-10-20-15-14(22-13)16(24-17(19)23-15)25-6-8-28-9-7-25/h3-6,12H,1-2,7-11H2,(H2,21,22,24,25);2-5,10H,6-9H2,1H3,(H,21,26)(H2,19,20,23,24). The molecule has 0 bridgehead atoms. The molecule has 3 aliphatic rings. The van der Waals surface area contributed by atoms with Crippen molar-refractivity contribution in [1.29, 1.82) is 0 Å². The largest absolute Gasteiger partial charge is 0.453 e. The third kappa shape index (κ3) is 8.24. The van der Waals surface area contributed by atoms with Gasteiger partial charge in [0.25, 0.3) is 0 Å². The van der Waals surface area contributed by atoms with Gasteiger partial charge in [-0.05, 0) is 30.7 Å². The molecule has 0 unspecified atom stereocenters. The minimum Gasteiger partial charge on any atom is -0.453 e. The fourth-order valence-electron chi connectivity index (χ4n) is 6.71. The summed E-state index contributed by atoms with van der Waals surface area (Å²) in [5.74, 6) is 1.86. The normalized spacial score (nSPS) is 15.7. The molecule has 4 aromatic heterocycles. The van der Waals surface area contributed by atoms with Crippen molar-refractivity contribution in [1.82, 2.24) is 39.9 Å². The highest BCUT2D eigenvalue weighted by molar-refractivity contribution is 5.95. The predicted octanol–water partition coefficient (Wildman–Crippen LogP) is 3.32. The molecule has 0 aliphatic carbocycles. The lowest BCUT2D eigenvalue weighted by atomic mass is 10.1. The van der Waals surface area contributed by atoms with Crippen LogP contribution >= 0.6 is 0 Å². The van der Waals surface area contributed by atoms with Gasteiger partial charge in [-0.15, -0.1) is 0 Å². The van der Waals surface area contributed by atoms with E-state index in [4.69, 9.17) is 30.9 Å². The number of methoxy groups -OCH3 is 1. The van der Waals surface area contributed by atoms with Crippen molar-refractivity contribution >= 4 is 69.2 Å². The SMILES string of the molecule is COC(=O)Nc1ccc(-c2cnc3nc(N)nc(N4CCOCC4)c3n2)cc1.Nc1nc(N2CCOCC2)c2nc(-c3ccc(N4CCCC4=O)cc3)cnc2n1. The number of nitrogens with zero attached hydrogens (tertiary/aromatic N) is 11. The molecule has 19 nitrogen and oxygen atoms in total. The molecule has 2 amide bonds. The number of carbonyl (C=O) groups is 2. The van der Waals surface area contributed by atoms with E-state index in [1.54, 1.807) is 24.5 Å². The predicted molar refractivity (Wildman–Crippen MR) is 214 cm³/mol. The summed E-state index contributed by atoms with van der Waals surface area (Å²) in [6, 6.07) is 15.0. The fraction of sp³-hybridized carbons (Fsp3) is 0.316. The number of rotatable bonds is 6. The second kappa shape index (κ2) is 16.5. The fourth-order valence-corrected chi connectivity index (χ4v) is 6.71. The van der Waals surface area contributed by atoms with Crippen LogP contribution in [0.2, 0.25) is 0 Å². The topological polar surface area (TPSA) is 239 Å². The Bertz CT molecular complexity index is 2410. The summed E-state index contributed by atoms with van der Waals surface area (Å²) in [6.45, 7) is 6.11. The molecule has 0 saturated carbocycles. The van der Waals surface area contributed by atoms with Crippen molar-refractivity contribution in [3.05, 3.63) is 60.9 Å². The molecule has 19 heteroatoms. The first kappa shape index (κ1) is 37.1. The molecule has 3 aliphatic heterocycles. The summed E-state index contributed by atoms with van der Waals surface area (Å²) < 4.78 is 15.4. The summed E-state index contributed by atoms with van der Waals surface area (Å²) in [5, 5.41) is 2.61. The highest BCUT2D eigenvalue weighted by Gasteiger charge is 2.23. The van der Waals surface area contributed by atoms with Gasteiger partial charge in [0.1, 0.15) is 0 Å². The Labute approximate surface area is 326 Å². The Morgan fingerprint density at radius 1 is 0.684 bits per heavy atom. The Morgan fingerprint density at radius 3 is 1.63 bits per heavy atom. The minimum absolute atomic E-state index is 0.161. The van der Waals surface area contributed by atoms with Crippen LogP contribution in [0.4, 0.5) is 39.7 Å². The van der Waals surface area contributed by atoms with Crippen LogP contribution in [-0.2, 0) is 19.0 Å². The summed E-state index contributed by atoms with van der Waals surface area (Å²) in [5.41, 5.74) is 18.6. The van der Waals surface area contributed by atoms with Crippen LogP contribution in [-0.4, -0.2) is 118 Å². The van der Waals surface area contributed by atoms with Gasteiger partial charge in [-0.25, -0.2) is 24.7 Å². The van der Waals surface area contributed by atoms with Gasteiger partial charge in [-0.1, -0.05) is 24.3 Å². The van der Waals surface area contributed by atoms with E-state index in [-0.39, 0.29) is 17.8 Å². The monoisotopic (exact) mass is 772 g/mol.